The van der Waals surface area contributed by atoms with Crippen LogP contribution in [0, 0.1) is 17.3 Å². The van der Waals surface area contributed by atoms with Crippen molar-refractivity contribution in [3.8, 4) is 11.6 Å². The number of carbonyl (C=O) groups excluding carboxylic acids is 3. The van der Waals surface area contributed by atoms with Crippen molar-refractivity contribution in [3.63, 3.8) is 0 Å². The molecule has 1 saturated heterocycles. The van der Waals surface area contributed by atoms with Crippen LogP contribution in [0.4, 0.5) is 9.18 Å². The van der Waals surface area contributed by atoms with E-state index < -0.39 is 53.5 Å². The van der Waals surface area contributed by atoms with Crippen LogP contribution in [0.2, 0.25) is 0 Å². The second-order valence-electron chi connectivity index (χ2n) is 14.1. The number of methoxy groups -OCH3 is 1. The summed E-state index contributed by atoms with van der Waals surface area (Å²) in [5.74, 6) is -0.438. The van der Waals surface area contributed by atoms with Crippen LogP contribution in [-0.2, 0) is 20.7 Å². The van der Waals surface area contributed by atoms with Crippen LogP contribution < -0.4 is 14.8 Å². The van der Waals surface area contributed by atoms with E-state index in [1.807, 2.05) is 32.9 Å². The molecule has 3 heterocycles. The average molecular weight is 627 g/mol. The molecule has 2 fully saturated rings. The first kappa shape index (κ1) is 32.9. The Bertz CT molecular complexity index is 1410. The van der Waals surface area contributed by atoms with Crippen molar-refractivity contribution in [1.29, 1.82) is 0 Å². The van der Waals surface area contributed by atoms with E-state index in [1.165, 1.54) is 4.90 Å². The summed E-state index contributed by atoms with van der Waals surface area (Å²) >= 11 is 0. The highest BCUT2D eigenvalue weighted by atomic mass is 19.1. The minimum absolute atomic E-state index is 0.186. The van der Waals surface area contributed by atoms with Gasteiger partial charge in [0.2, 0.25) is 11.8 Å². The Hall–Kier alpha value is -3.50. The Labute approximate surface area is 264 Å². The Kier molecular flexibility index (Phi) is 9.84. The maximum atomic E-state index is 16.4. The van der Waals surface area contributed by atoms with Gasteiger partial charge in [-0.15, -0.1) is 0 Å². The van der Waals surface area contributed by atoms with E-state index in [4.69, 9.17) is 24.2 Å². The molecule has 1 saturated carbocycles. The predicted octanol–water partition coefficient (Wildman–Crippen LogP) is 5.59. The Morgan fingerprint density at radius 3 is 2.49 bits per heavy atom. The number of hydrogen-bond acceptors (Lipinski definition) is 8. The molecule has 1 aromatic heterocycles. The summed E-state index contributed by atoms with van der Waals surface area (Å²) in [6.07, 6.45) is 3.13. The monoisotopic (exact) mass is 626 g/mol. The van der Waals surface area contributed by atoms with Crippen molar-refractivity contribution in [1.82, 2.24) is 20.2 Å². The van der Waals surface area contributed by atoms with Gasteiger partial charge in [0.25, 0.3) is 0 Å². The largest absolute Gasteiger partial charge is 0.497 e. The number of carbonyl (C=O) groups is 3. The summed E-state index contributed by atoms with van der Waals surface area (Å²) in [4.78, 5) is 51.7. The molecule has 1 aromatic carbocycles. The van der Waals surface area contributed by atoms with Crippen LogP contribution in [-0.4, -0.2) is 76.8 Å². The van der Waals surface area contributed by atoms with Gasteiger partial charge in [-0.25, -0.2) is 19.2 Å². The number of amides is 2. The number of alkyl halides is 1. The number of aromatic nitrogens is 2. The molecule has 1 N–H and O–H groups in total. The van der Waals surface area contributed by atoms with Crippen LogP contribution in [0.3, 0.4) is 0 Å². The van der Waals surface area contributed by atoms with Gasteiger partial charge in [-0.2, -0.15) is 0 Å². The predicted molar refractivity (Wildman–Crippen MR) is 167 cm³/mol. The fourth-order valence-electron chi connectivity index (χ4n) is 6.81. The average Bonchev–Trinajstić information content (AvgIpc) is 3.56. The van der Waals surface area contributed by atoms with E-state index in [0.717, 1.165) is 44.9 Å². The first-order chi connectivity index (χ1) is 21.4. The summed E-state index contributed by atoms with van der Waals surface area (Å²) in [6, 6.07) is 2.97. The number of hydrogen-bond donors (Lipinski definition) is 1. The Morgan fingerprint density at radius 1 is 1.02 bits per heavy atom. The molecule has 246 valence electrons. The zero-order valence-corrected chi connectivity index (χ0v) is 27.3. The second kappa shape index (κ2) is 13.5. The quantitative estimate of drug-likeness (QED) is 0.469. The van der Waals surface area contributed by atoms with Crippen LogP contribution in [0.5, 0.6) is 11.6 Å². The van der Waals surface area contributed by atoms with E-state index in [9.17, 15) is 14.4 Å². The standard InChI is InChI=1S/C34H47FN4O6/c1-19(2)29(40)28-27(35)26-18-39(28)32(41)30(34(3,4)5)38-33(42)45-25-14-10-12-20(25)11-8-7-9-13-23-31(44-26)37-24-17-21(43-6)15-16-22(24)36-23/h15-17,19-20,25-28,30H,7-14,18H2,1-6H3,(H,38,42). The van der Waals surface area contributed by atoms with Gasteiger partial charge < -0.3 is 24.4 Å². The molecule has 6 unspecified atom stereocenters. The van der Waals surface area contributed by atoms with Gasteiger partial charge in [0.05, 0.1) is 24.7 Å². The number of halogens is 1. The normalized spacial score (nSPS) is 28.4. The smallest absolute Gasteiger partial charge is 0.408 e. The van der Waals surface area contributed by atoms with Crippen LogP contribution in [0.1, 0.15) is 85.3 Å². The molecule has 2 amide bonds. The molecular weight excluding hydrogens is 579 g/mol. The number of benzene rings is 1. The molecule has 2 bridgehead atoms. The van der Waals surface area contributed by atoms with E-state index in [2.05, 4.69) is 5.32 Å². The van der Waals surface area contributed by atoms with Crippen molar-refractivity contribution < 1.29 is 33.0 Å². The maximum absolute atomic E-state index is 16.4. The molecule has 2 aromatic rings. The minimum Gasteiger partial charge on any atom is -0.497 e. The third kappa shape index (κ3) is 7.17. The van der Waals surface area contributed by atoms with Gasteiger partial charge in [0.15, 0.2) is 18.1 Å². The highest BCUT2D eigenvalue weighted by Crippen LogP contribution is 2.35. The first-order valence-electron chi connectivity index (χ1n) is 16.3. The Balaban J connectivity index is 1.55. The highest BCUT2D eigenvalue weighted by Gasteiger charge is 2.53. The number of fused-ring (bicyclic) bond motifs is 5. The molecular formula is C34H47FN4O6. The van der Waals surface area contributed by atoms with Crippen LogP contribution in [0.15, 0.2) is 18.2 Å². The lowest BCUT2D eigenvalue weighted by molar-refractivity contribution is -0.143. The third-order valence-corrected chi connectivity index (χ3v) is 9.39. The number of ether oxygens (including phenoxy) is 3. The van der Waals surface area contributed by atoms with Crippen molar-refractivity contribution in [2.75, 3.05) is 13.7 Å². The lowest BCUT2D eigenvalue weighted by atomic mass is 9.85. The fraction of sp³-hybridized carbons (Fsp3) is 0.676. The van der Waals surface area contributed by atoms with Crippen LogP contribution >= 0.6 is 0 Å². The maximum Gasteiger partial charge on any atom is 0.408 e. The molecule has 1 aliphatic carbocycles. The molecule has 10 nitrogen and oxygen atoms in total. The first-order valence-corrected chi connectivity index (χ1v) is 16.3. The lowest BCUT2D eigenvalue weighted by Gasteiger charge is -2.35. The molecule has 45 heavy (non-hydrogen) atoms. The number of Topliss-reactive ketones (excluding diaryl/α,β-unsaturated/α-hetero) is 1. The zero-order chi connectivity index (χ0) is 32.5. The molecule has 0 spiro atoms. The molecule has 3 aliphatic rings. The van der Waals surface area contributed by atoms with E-state index in [0.29, 0.717) is 28.9 Å². The number of ketones is 1. The van der Waals surface area contributed by atoms with E-state index >= 15 is 4.39 Å². The van der Waals surface area contributed by atoms with Crippen molar-refractivity contribution in [3.05, 3.63) is 23.9 Å². The summed E-state index contributed by atoms with van der Waals surface area (Å²) in [6.45, 7) is 8.64. The van der Waals surface area contributed by atoms with E-state index in [-0.39, 0.29) is 24.4 Å². The van der Waals surface area contributed by atoms with Crippen molar-refractivity contribution >= 4 is 28.8 Å². The summed E-state index contributed by atoms with van der Waals surface area (Å²) < 4.78 is 34.0. The van der Waals surface area contributed by atoms with E-state index in [1.54, 1.807) is 27.0 Å². The third-order valence-electron chi connectivity index (χ3n) is 9.39. The second-order valence-corrected chi connectivity index (χ2v) is 14.1. The molecule has 2 aliphatic heterocycles. The van der Waals surface area contributed by atoms with Gasteiger partial charge in [0.1, 0.15) is 29.6 Å². The number of nitrogens with one attached hydrogen (secondary N) is 1. The van der Waals surface area contributed by atoms with Gasteiger partial charge >= 0.3 is 6.09 Å². The minimum atomic E-state index is -1.81. The summed E-state index contributed by atoms with van der Waals surface area (Å²) in [7, 11) is 1.57. The number of rotatable bonds is 3. The Morgan fingerprint density at radius 2 is 1.78 bits per heavy atom. The number of aryl methyl sites for hydroxylation is 1. The van der Waals surface area contributed by atoms with Gasteiger partial charge in [-0.05, 0) is 62.0 Å². The zero-order valence-electron chi connectivity index (χ0n) is 27.3. The molecule has 11 heteroatoms. The molecule has 0 radical (unpaired) electrons. The number of alkyl carbamates (subject to hydrolysis) is 1. The van der Waals surface area contributed by atoms with Crippen LogP contribution in [0.25, 0.3) is 11.0 Å². The van der Waals surface area contributed by atoms with Crippen molar-refractivity contribution in [2.24, 2.45) is 17.3 Å². The summed E-state index contributed by atoms with van der Waals surface area (Å²) in [5, 5.41) is 2.80. The molecule has 5 rings (SSSR count). The fourth-order valence-corrected chi connectivity index (χ4v) is 6.81. The molecule has 6 atom stereocenters. The van der Waals surface area contributed by atoms with Gasteiger partial charge in [0, 0.05) is 12.0 Å². The lowest BCUT2D eigenvalue weighted by Crippen LogP contribution is -2.58. The SMILES string of the molecule is COc1ccc2nc3c(nc2c1)OC1CN(C(=O)C(C(C)(C)C)NC(=O)OC2CCCC2CCCCC3)C(C(=O)C(C)C)C1F. The topological polar surface area (TPSA) is 120 Å². The highest BCUT2D eigenvalue weighted by molar-refractivity contribution is 5.94. The van der Waals surface area contributed by atoms with Gasteiger partial charge in [-0.3, -0.25) is 9.59 Å². The van der Waals surface area contributed by atoms with Gasteiger partial charge in [-0.1, -0.05) is 47.5 Å². The van der Waals surface area contributed by atoms with Crippen molar-refractivity contribution in [2.45, 2.75) is 116 Å². The number of nitrogens with zero attached hydrogens (tertiary/aromatic N) is 3. The summed E-state index contributed by atoms with van der Waals surface area (Å²) in [5.41, 5.74) is 1.06.